The summed E-state index contributed by atoms with van der Waals surface area (Å²) in [5, 5.41) is 17.6. The molecule has 0 saturated heterocycles. The van der Waals surface area contributed by atoms with Gasteiger partial charge in [0.2, 0.25) is 0 Å². The van der Waals surface area contributed by atoms with Crippen molar-refractivity contribution in [2.45, 2.75) is 38.1 Å². The average molecular weight is 484 g/mol. The quantitative estimate of drug-likeness (QED) is 0.378. The zero-order valence-corrected chi connectivity index (χ0v) is 19.2. The van der Waals surface area contributed by atoms with Crippen LogP contribution < -0.4 is 16.0 Å². The van der Waals surface area contributed by atoms with Gasteiger partial charge in [0.05, 0.1) is 34.8 Å². The number of amides is 2. The molecule has 0 spiro atoms. The van der Waals surface area contributed by atoms with Crippen molar-refractivity contribution in [1.82, 2.24) is 15.3 Å². The molecule has 184 valence electrons. The summed E-state index contributed by atoms with van der Waals surface area (Å²) in [4.78, 5) is 32.8. The maximum absolute atomic E-state index is 14.5. The lowest BCUT2D eigenvalue weighted by atomic mass is 9.76. The number of hydrogen-bond donors (Lipinski definition) is 4. The number of rotatable bonds is 7. The third-order valence-corrected chi connectivity index (χ3v) is 6.28. The zero-order valence-electron chi connectivity index (χ0n) is 19.2. The van der Waals surface area contributed by atoms with Gasteiger partial charge in [-0.05, 0) is 60.9 Å². The van der Waals surface area contributed by atoms with Crippen LogP contribution in [0.5, 0.6) is 0 Å². The maximum atomic E-state index is 14.5. The van der Waals surface area contributed by atoms with E-state index in [0.29, 0.717) is 23.7 Å². The Morgan fingerprint density at radius 2 is 2.00 bits per heavy atom. The van der Waals surface area contributed by atoms with E-state index in [9.17, 15) is 18.4 Å². The number of benzene rings is 1. The van der Waals surface area contributed by atoms with Crippen molar-refractivity contribution in [1.29, 1.82) is 0 Å². The van der Waals surface area contributed by atoms with Gasteiger partial charge in [-0.25, -0.2) is 13.6 Å². The largest absolute Gasteiger partial charge is 0.465 e. The Labute approximate surface area is 201 Å². The molecule has 2 heterocycles. The van der Waals surface area contributed by atoms with Crippen LogP contribution in [-0.2, 0) is 0 Å². The van der Waals surface area contributed by atoms with E-state index in [-0.39, 0.29) is 35.0 Å². The number of halogens is 2. The predicted octanol–water partition coefficient (Wildman–Crippen LogP) is 4.94. The normalized spacial score (nSPS) is 19.8. The first-order valence-corrected chi connectivity index (χ1v) is 11.5. The van der Waals surface area contributed by atoms with E-state index in [1.54, 1.807) is 12.4 Å². The molecule has 0 unspecified atom stereocenters. The number of carbonyl (C=O) groups is 2. The summed E-state index contributed by atoms with van der Waals surface area (Å²) in [5.74, 6) is -0.678. The molecule has 2 aromatic heterocycles. The van der Waals surface area contributed by atoms with Crippen LogP contribution in [0.4, 0.5) is 25.0 Å². The molecule has 1 aliphatic rings. The molecule has 3 atom stereocenters. The predicted molar refractivity (Wildman–Crippen MR) is 129 cm³/mol. The number of fused-ring (bicyclic) bond motifs is 1. The van der Waals surface area contributed by atoms with Crippen LogP contribution in [0.25, 0.3) is 10.9 Å². The Balaban J connectivity index is 1.60. The van der Waals surface area contributed by atoms with Gasteiger partial charge in [0.25, 0.3) is 5.91 Å². The number of hydrogen-bond acceptors (Lipinski definition) is 5. The summed E-state index contributed by atoms with van der Waals surface area (Å²) in [7, 11) is 0. The van der Waals surface area contributed by atoms with Crippen molar-refractivity contribution in [3.63, 3.8) is 0 Å². The molecule has 4 rings (SSSR count). The second-order valence-electron chi connectivity index (χ2n) is 8.90. The van der Waals surface area contributed by atoms with Gasteiger partial charge in [0, 0.05) is 24.2 Å². The second kappa shape index (κ2) is 10.6. The van der Waals surface area contributed by atoms with Gasteiger partial charge in [-0.15, -0.1) is 0 Å². The molecule has 1 saturated carbocycles. The van der Waals surface area contributed by atoms with Crippen molar-refractivity contribution in [3.05, 3.63) is 59.8 Å². The van der Waals surface area contributed by atoms with Crippen molar-refractivity contribution in [2.24, 2.45) is 5.92 Å². The van der Waals surface area contributed by atoms with E-state index < -0.39 is 24.5 Å². The van der Waals surface area contributed by atoms with Crippen LogP contribution >= 0.6 is 0 Å². The Bertz CT molecular complexity index is 1240. The highest BCUT2D eigenvalue weighted by Gasteiger charge is 2.30. The van der Waals surface area contributed by atoms with Crippen molar-refractivity contribution >= 4 is 34.3 Å². The van der Waals surface area contributed by atoms with Crippen LogP contribution in [0.1, 0.15) is 48.0 Å². The lowest BCUT2D eigenvalue weighted by Crippen LogP contribution is -2.39. The van der Waals surface area contributed by atoms with Crippen molar-refractivity contribution in [2.75, 3.05) is 23.9 Å². The van der Waals surface area contributed by atoms with Crippen LogP contribution in [0.15, 0.2) is 42.9 Å². The van der Waals surface area contributed by atoms with Gasteiger partial charge in [0.1, 0.15) is 12.5 Å². The number of nitrogens with one attached hydrogen (secondary N) is 3. The van der Waals surface area contributed by atoms with Gasteiger partial charge in [-0.3, -0.25) is 14.8 Å². The first kappa shape index (κ1) is 24.3. The standard InChI is InChI=1S/C25H27F2N5O3/c1-14-8-15(10-16(9-14)31-25(34)35)18-4-6-28-13-22(18)32-24(33)19-2-3-21(27)20-11-17(29-7-5-26)12-30-23(19)20/h2-4,6,11-16,29,31H,5,7-10H2,1H3,(H,32,33)(H,34,35)/t14-,15+,16-/m0/s1. The van der Waals surface area contributed by atoms with Crippen LogP contribution in [0, 0.1) is 11.7 Å². The van der Waals surface area contributed by atoms with Crippen LogP contribution in [0.3, 0.4) is 0 Å². The first-order valence-electron chi connectivity index (χ1n) is 11.5. The fourth-order valence-electron chi connectivity index (χ4n) is 4.86. The highest BCUT2D eigenvalue weighted by molar-refractivity contribution is 6.12. The average Bonchev–Trinajstić information content (AvgIpc) is 2.82. The van der Waals surface area contributed by atoms with Gasteiger partial charge in [0.15, 0.2) is 0 Å². The number of anilines is 2. The topological polar surface area (TPSA) is 116 Å². The number of alkyl halides is 1. The molecule has 3 aromatic rings. The minimum Gasteiger partial charge on any atom is -0.465 e. The fraction of sp³-hybridized carbons (Fsp3) is 0.360. The molecule has 35 heavy (non-hydrogen) atoms. The minimum absolute atomic E-state index is 0.0288. The van der Waals surface area contributed by atoms with Crippen molar-refractivity contribution in [3.8, 4) is 0 Å². The van der Waals surface area contributed by atoms with Gasteiger partial charge in [-0.1, -0.05) is 6.92 Å². The minimum atomic E-state index is -1.05. The molecule has 8 nitrogen and oxygen atoms in total. The summed E-state index contributed by atoms with van der Waals surface area (Å²) < 4.78 is 27.0. The summed E-state index contributed by atoms with van der Waals surface area (Å²) in [6.45, 7) is 1.57. The molecular formula is C25H27F2N5O3. The SMILES string of the molecule is C[C@@H]1C[C@H](NC(=O)O)C[C@H](c2ccncc2NC(=O)c2ccc(F)c3cc(NCCF)cnc23)C1. The monoisotopic (exact) mass is 483 g/mol. The summed E-state index contributed by atoms with van der Waals surface area (Å²) in [5.41, 5.74) is 2.22. The van der Waals surface area contributed by atoms with E-state index in [4.69, 9.17) is 5.11 Å². The Hall–Kier alpha value is -3.82. The van der Waals surface area contributed by atoms with Crippen molar-refractivity contribution < 1.29 is 23.5 Å². The van der Waals surface area contributed by atoms with Crippen LogP contribution in [0.2, 0.25) is 0 Å². The Morgan fingerprint density at radius 1 is 1.17 bits per heavy atom. The van der Waals surface area contributed by atoms with E-state index in [2.05, 4.69) is 32.8 Å². The molecule has 0 radical (unpaired) electrons. The molecule has 0 aliphatic heterocycles. The Kier molecular flexibility index (Phi) is 7.38. The molecule has 4 N–H and O–H groups in total. The number of nitrogens with zero attached hydrogens (tertiary/aromatic N) is 2. The molecule has 10 heteroatoms. The van der Waals surface area contributed by atoms with E-state index >= 15 is 0 Å². The Morgan fingerprint density at radius 3 is 2.77 bits per heavy atom. The summed E-state index contributed by atoms with van der Waals surface area (Å²) >= 11 is 0. The lowest BCUT2D eigenvalue weighted by molar-refractivity contribution is 0.102. The summed E-state index contributed by atoms with van der Waals surface area (Å²) in [6.07, 6.45) is 5.80. The molecule has 1 aliphatic carbocycles. The van der Waals surface area contributed by atoms with Gasteiger partial charge >= 0.3 is 6.09 Å². The van der Waals surface area contributed by atoms with Gasteiger partial charge < -0.3 is 21.1 Å². The second-order valence-corrected chi connectivity index (χ2v) is 8.90. The zero-order chi connectivity index (χ0) is 24.9. The van der Waals surface area contributed by atoms with E-state index in [0.717, 1.165) is 18.4 Å². The smallest absolute Gasteiger partial charge is 0.404 e. The fourth-order valence-corrected chi connectivity index (χ4v) is 4.86. The molecule has 1 fully saturated rings. The number of pyridine rings is 2. The molecule has 0 bridgehead atoms. The molecule has 1 aromatic carbocycles. The number of carbonyl (C=O) groups excluding carboxylic acids is 1. The number of carboxylic acid groups (broad SMARTS) is 1. The number of aromatic nitrogens is 2. The molecule has 2 amide bonds. The van der Waals surface area contributed by atoms with Crippen LogP contribution in [-0.4, -0.2) is 46.3 Å². The van der Waals surface area contributed by atoms with E-state index in [1.165, 1.54) is 24.4 Å². The van der Waals surface area contributed by atoms with Gasteiger partial charge in [-0.2, -0.15) is 0 Å². The first-order chi connectivity index (χ1) is 16.9. The summed E-state index contributed by atoms with van der Waals surface area (Å²) in [6, 6.07) is 5.73. The highest BCUT2D eigenvalue weighted by atomic mass is 19.1. The maximum Gasteiger partial charge on any atom is 0.404 e. The highest BCUT2D eigenvalue weighted by Crippen LogP contribution is 2.39. The molecular weight excluding hydrogens is 456 g/mol. The third kappa shape index (κ3) is 5.64. The lowest BCUT2D eigenvalue weighted by Gasteiger charge is -2.34. The third-order valence-electron chi connectivity index (χ3n) is 6.28. The van der Waals surface area contributed by atoms with E-state index in [1.807, 2.05) is 6.07 Å².